The van der Waals surface area contributed by atoms with E-state index in [-0.39, 0.29) is 6.04 Å². The topological polar surface area (TPSA) is 41.1 Å². The zero-order chi connectivity index (χ0) is 17.0. The Bertz CT molecular complexity index is 656. The number of aromatic nitrogens is 2. The fraction of sp³-hybridized carbons (Fsp3) is 0.375. The van der Waals surface area contributed by atoms with Crippen molar-refractivity contribution in [1.29, 1.82) is 0 Å². The van der Waals surface area contributed by atoms with E-state index in [1.165, 1.54) is 12.1 Å². The van der Waals surface area contributed by atoms with Gasteiger partial charge in [0.2, 0.25) is 0 Å². The van der Waals surface area contributed by atoms with Crippen molar-refractivity contribution in [3.63, 3.8) is 0 Å². The summed E-state index contributed by atoms with van der Waals surface area (Å²) in [7, 11) is 3.66. The summed E-state index contributed by atoms with van der Waals surface area (Å²) in [5.74, 6) is 0.601. The molecule has 0 saturated heterocycles. The number of alkyl halides is 3. The number of benzene rings is 1. The zero-order valence-corrected chi connectivity index (χ0v) is 13.2. The van der Waals surface area contributed by atoms with Crippen LogP contribution in [0.15, 0.2) is 36.7 Å². The number of aryl methyl sites for hydroxylation is 1. The van der Waals surface area contributed by atoms with Crippen LogP contribution in [0.25, 0.3) is 0 Å². The summed E-state index contributed by atoms with van der Waals surface area (Å²) in [5, 5.41) is 3.13. The van der Waals surface area contributed by atoms with Crippen LogP contribution in [0.1, 0.15) is 22.9 Å². The second kappa shape index (κ2) is 6.95. The summed E-state index contributed by atoms with van der Waals surface area (Å²) in [4.78, 5) is 10.2. The van der Waals surface area contributed by atoms with Crippen molar-refractivity contribution in [2.75, 3.05) is 26.0 Å². The molecule has 7 heteroatoms. The summed E-state index contributed by atoms with van der Waals surface area (Å²) < 4.78 is 38.6. The molecule has 0 fully saturated rings. The van der Waals surface area contributed by atoms with Crippen molar-refractivity contribution < 1.29 is 13.2 Å². The maximum atomic E-state index is 12.9. The first-order chi connectivity index (χ1) is 10.8. The summed E-state index contributed by atoms with van der Waals surface area (Å²) in [5.41, 5.74) is 0.727. The Morgan fingerprint density at radius 2 is 1.96 bits per heavy atom. The molecule has 1 heterocycles. The highest BCUT2D eigenvalue weighted by Gasteiger charge is 2.31. The van der Waals surface area contributed by atoms with Crippen molar-refractivity contribution in [3.05, 3.63) is 53.5 Å². The number of rotatable bonds is 5. The molecule has 0 bridgehead atoms. The van der Waals surface area contributed by atoms with Crippen LogP contribution in [-0.4, -0.2) is 35.5 Å². The van der Waals surface area contributed by atoms with E-state index in [0.29, 0.717) is 17.9 Å². The minimum atomic E-state index is -4.34. The molecule has 1 N–H and O–H groups in total. The number of likely N-dealkylation sites (N-methyl/N-ethyl adjacent to an activating group) is 1. The highest BCUT2D eigenvalue weighted by atomic mass is 19.4. The number of nitrogens with zero attached hydrogens (tertiary/aromatic N) is 3. The minimum absolute atomic E-state index is 0.223. The quantitative estimate of drug-likeness (QED) is 0.914. The van der Waals surface area contributed by atoms with Crippen LogP contribution in [0.4, 0.5) is 19.0 Å². The molecule has 0 aliphatic heterocycles. The molecule has 1 aromatic carbocycles. The second-order valence-electron chi connectivity index (χ2n) is 5.53. The van der Waals surface area contributed by atoms with E-state index in [1.54, 1.807) is 18.5 Å². The Morgan fingerprint density at radius 3 is 2.57 bits per heavy atom. The van der Waals surface area contributed by atoms with Crippen molar-refractivity contribution in [2.24, 2.45) is 0 Å². The predicted molar refractivity (Wildman–Crippen MR) is 83.1 cm³/mol. The largest absolute Gasteiger partial charge is 0.416 e. The van der Waals surface area contributed by atoms with E-state index in [2.05, 4.69) is 15.3 Å². The molecule has 2 rings (SSSR count). The number of hydrogen-bond acceptors (Lipinski definition) is 4. The molecule has 0 spiro atoms. The Morgan fingerprint density at radius 1 is 1.22 bits per heavy atom. The normalized spacial score (nSPS) is 13.2. The molecule has 4 nitrogen and oxygen atoms in total. The molecule has 0 amide bonds. The maximum absolute atomic E-state index is 12.9. The van der Waals surface area contributed by atoms with Gasteiger partial charge in [0.05, 0.1) is 23.5 Å². The van der Waals surface area contributed by atoms with Crippen molar-refractivity contribution >= 4 is 5.82 Å². The number of hydrogen-bond donors (Lipinski definition) is 1. The van der Waals surface area contributed by atoms with Crippen molar-refractivity contribution in [2.45, 2.75) is 19.1 Å². The highest BCUT2D eigenvalue weighted by molar-refractivity contribution is 5.34. The monoisotopic (exact) mass is 324 g/mol. The van der Waals surface area contributed by atoms with E-state index in [4.69, 9.17) is 0 Å². The summed E-state index contributed by atoms with van der Waals surface area (Å²) in [6, 6.07) is 5.17. The third kappa shape index (κ3) is 4.66. The van der Waals surface area contributed by atoms with Gasteiger partial charge in [-0.2, -0.15) is 13.2 Å². The van der Waals surface area contributed by atoms with Crippen LogP contribution in [0.2, 0.25) is 0 Å². The standard InChI is InChI=1S/C16H19F3N4/c1-11-8-20-10-15(22-11)21-9-14(23(2)3)12-5-4-6-13(7-12)16(17,18)19/h4-8,10,14H,9H2,1-3H3,(H,21,22). The smallest absolute Gasteiger partial charge is 0.367 e. The fourth-order valence-corrected chi connectivity index (χ4v) is 2.27. The lowest BCUT2D eigenvalue weighted by molar-refractivity contribution is -0.137. The van der Waals surface area contributed by atoms with Gasteiger partial charge in [0.15, 0.2) is 0 Å². The fourth-order valence-electron chi connectivity index (χ4n) is 2.27. The second-order valence-corrected chi connectivity index (χ2v) is 5.53. The third-order valence-electron chi connectivity index (χ3n) is 3.45. The lowest BCUT2D eigenvalue weighted by Gasteiger charge is -2.26. The third-order valence-corrected chi connectivity index (χ3v) is 3.45. The van der Waals surface area contributed by atoms with Gasteiger partial charge in [-0.15, -0.1) is 0 Å². The highest BCUT2D eigenvalue weighted by Crippen LogP contribution is 2.31. The van der Waals surface area contributed by atoms with Gasteiger partial charge in [-0.05, 0) is 38.7 Å². The Labute approximate surface area is 133 Å². The first-order valence-corrected chi connectivity index (χ1v) is 7.13. The molecular weight excluding hydrogens is 305 g/mol. The number of nitrogens with one attached hydrogen (secondary N) is 1. The molecule has 2 aromatic rings. The van der Waals surface area contributed by atoms with Crippen molar-refractivity contribution in [1.82, 2.24) is 14.9 Å². The van der Waals surface area contributed by atoms with Gasteiger partial charge < -0.3 is 10.2 Å². The summed E-state index contributed by atoms with van der Waals surface area (Å²) in [6.45, 7) is 2.25. The lowest BCUT2D eigenvalue weighted by Crippen LogP contribution is -2.27. The number of anilines is 1. The van der Waals surface area contributed by atoms with E-state index >= 15 is 0 Å². The molecule has 1 unspecified atom stereocenters. The molecule has 1 aromatic heterocycles. The van der Waals surface area contributed by atoms with Crippen LogP contribution >= 0.6 is 0 Å². The first kappa shape index (κ1) is 17.2. The molecule has 1 atom stereocenters. The molecule has 0 aliphatic rings. The van der Waals surface area contributed by atoms with Gasteiger partial charge in [-0.1, -0.05) is 12.1 Å². The summed E-state index contributed by atoms with van der Waals surface area (Å²) >= 11 is 0. The Hall–Kier alpha value is -2.15. The molecule has 0 saturated carbocycles. The van der Waals surface area contributed by atoms with Crippen LogP contribution in [-0.2, 0) is 6.18 Å². The first-order valence-electron chi connectivity index (χ1n) is 7.13. The van der Waals surface area contributed by atoms with Gasteiger partial charge in [-0.25, -0.2) is 4.98 Å². The van der Waals surface area contributed by atoms with Crippen LogP contribution in [0, 0.1) is 6.92 Å². The minimum Gasteiger partial charge on any atom is -0.367 e. The number of halogens is 3. The Kier molecular flexibility index (Phi) is 5.20. The van der Waals surface area contributed by atoms with E-state index in [0.717, 1.165) is 11.8 Å². The maximum Gasteiger partial charge on any atom is 0.416 e. The molecule has 124 valence electrons. The van der Waals surface area contributed by atoms with Gasteiger partial charge in [0.25, 0.3) is 0 Å². The summed E-state index contributed by atoms with van der Waals surface area (Å²) in [6.07, 6.45) is -1.12. The van der Waals surface area contributed by atoms with E-state index < -0.39 is 11.7 Å². The molecular formula is C16H19F3N4. The lowest BCUT2D eigenvalue weighted by atomic mass is 10.0. The van der Waals surface area contributed by atoms with E-state index in [1.807, 2.05) is 25.9 Å². The van der Waals surface area contributed by atoms with Crippen molar-refractivity contribution in [3.8, 4) is 0 Å². The average Bonchev–Trinajstić information content (AvgIpc) is 2.46. The van der Waals surface area contributed by atoms with Gasteiger partial charge >= 0.3 is 6.18 Å². The van der Waals surface area contributed by atoms with Gasteiger partial charge in [0, 0.05) is 12.7 Å². The van der Waals surface area contributed by atoms with E-state index in [9.17, 15) is 13.2 Å². The van der Waals surface area contributed by atoms with Crippen LogP contribution < -0.4 is 5.32 Å². The van der Waals surface area contributed by atoms with Gasteiger partial charge in [0.1, 0.15) is 5.82 Å². The SMILES string of the molecule is Cc1cncc(NCC(c2cccc(C(F)(F)F)c2)N(C)C)n1. The zero-order valence-electron chi connectivity index (χ0n) is 13.2. The Balaban J connectivity index is 2.19. The van der Waals surface area contributed by atoms with Crippen LogP contribution in [0.3, 0.4) is 0 Å². The average molecular weight is 324 g/mol. The molecule has 0 radical (unpaired) electrons. The molecule has 0 aliphatic carbocycles. The molecule has 23 heavy (non-hydrogen) atoms. The predicted octanol–water partition coefficient (Wildman–Crippen LogP) is 3.52. The van der Waals surface area contributed by atoms with Crippen LogP contribution in [0.5, 0.6) is 0 Å². The van der Waals surface area contributed by atoms with Gasteiger partial charge in [-0.3, -0.25) is 4.98 Å².